The average molecular weight is 318 g/mol. The maximum absolute atomic E-state index is 12.4. The van der Waals surface area contributed by atoms with Gasteiger partial charge < -0.3 is 9.47 Å². The van der Waals surface area contributed by atoms with Crippen molar-refractivity contribution in [2.45, 2.75) is 19.2 Å². The molecular formula is C14H17F3N2O3. The fourth-order valence-corrected chi connectivity index (χ4v) is 2.12. The molecule has 1 saturated heterocycles. The summed E-state index contributed by atoms with van der Waals surface area (Å²) in [5.41, 5.74) is -1.03. The zero-order chi connectivity index (χ0) is 16.2. The molecule has 0 N–H and O–H groups in total. The van der Waals surface area contributed by atoms with E-state index in [0.717, 1.165) is 31.4 Å². The zero-order valence-electron chi connectivity index (χ0n) is 12.1. The van der Waals surface area contributed by atoms with Gasteiger partial charge in [0.15, 0.2) is 0 Å². The van der Waals surface area contributed by atoms with E-state index < -0.39 is 17.8 Å². The van der Waals surface area contributed by atoms with Gasteiger partial charge in [-0.1, -0.05) is 0 Å². The quantitative estimate of drug-likeness (QED) is 0.795. The topological polar surface area (TPSA) is 51.7 Å². The van der Waals surface area contributed by atoms with E-state index in [4.69, 9.17) is 9.47 Å². The zero-order valence-corrected chi connectivity index (χ0v) is 12.1. The van der Waals surface area contributed by atoms with Gasteiger partial charge in [-0.3, -0.25) is 9.88 Å². The van der Waals surface area contributed by atoms with E-state index in [9.17, 15) is 18.0 Å². The van der Waals surface area contributed by atoms with Crippen molar-refractivity contribution in [3.63, 3.8) is 0 Å². The van der Waals surface area contributed by atoms with Crippen molar-refractivity contribution in [3.8, 4) is 0 Å². The Morgan fingerprint density at radius 2 is 2.09 bits per heavy atom. The molecule has 1 unspecified atom stereocenters. The van der Waals surface area contributed by atoms with Crippen LogP contribution in [0.25, 0.3) is 0 Å². The van der Waals surface area contributed by atoms with Gasteiger partial charge in [0, 0.05) is 25.8 Å². The molecule has 0 aliphatic carbocycles. The number of hydrogen-bond donors (Lipinski definition) is 0. The first-order valence-corrected chi connectivity index (χ1v) is 6.90. The lowest BCUT2D eigenvalue weighted by molar-refractivity contribution is -0.141. The standard InChI is InChI=1S/C14H17F3N2O3/c1-10(9-19-4-6-21-7-5-19)22-13(20)11-2-3-12(18-8-11)14(15,16)17/h2-3,8,10H,4-7,9H2,1H3. The van der Waals surface area contributed by atoms with Crippen LogP contribution in [0.1, 0.15) is 23.0 Å². The van der Waals surface area contributed by atoms with Crippen molar-refractivity contribution in [2.24, 2.45) is 0 Å². The average Bonchev–Trinajstić information content (AvgIpc) is 2.47. The number of esters is 1. The number of hydrogen-bond acceptors (Lipinski definition) is 5. The highest BCUT2D eigenvalue weighted by Gasteiger charge is 2.32. The molecule has 0 bridgehead atoms. The van der Waals surface area contributed by atoms with Crippen LogP contribution in [0.5, 0.6) is 0 Å². The fourth-order valence-electron chi connectivity index (χ4n) is 2.12. The van der Waals surface area contributed by atoms with Crippen molar-refractivity contribution < 1.29 is 27.4 Å². The maximum Gasteiger partial charge on any atom is 0.433 e. The van der Waals surface area contributed by atoms with Crippen LogP contribution in [0.2, 0.25) is 0 Å². The number of carbonyl (C=O) groups is 1. The van der Waals surface area contributed by atoms with Gasteiger partial charge in [0.1, 0.15) is 11.8 Å². The third-order valence-corrected chi connectivity index (χ3v) is 3.22. The second kappa shape index (κ2) is 7.06. The van der Waals surface area contributed by atoms with Crippen molar-refractivity contribution in [2.75, 3.05) is 32.8 Å². The molecule has 1 aromatic heterocycles. The van der Waals surface area contributed by atoms with Gasteiger partial charge in [0.2, 0.25) is 0 Å². The van der Waals surface area contributed by atoms with E-state index in [0.29, 0.717) is 19.8 Å². The molecule has 0 amide bonds. The van der Waals surface area contributed by atoms with Crippen molar-refractivity contribution in [3.05, 3.63) is 29.6 Å². The summed E-state index contributed by atoms with van der Waals surface area (Å²) in [4.78, 5) is 17.2. The van der Waals surface area contributed by atoms with Crippen LogP contribution in [0, 0.1) is 0 Å². The summed E-state index contributed by atoms with van der Waals surface area (Å²) in [6, 6.07) is 1.84. The minimum atomic E-state index is -4.52. The first-order chi connectivity index (χ1) is 10.4. The van der Waals surface area contributed by atoms with E-state index in [1.54, 1.807) is 6.92 Å². The molecule has 5 nitrogen and oxygen atoms in total. The molecule has 1 aliphatic heterocycles. The minimum Gasteiger partial charge on any atom is -0.458 e. The van der Waals surface area contributed by atoms with Gasteiger partial charge >= 0.3 is 12.1 Å². The number of halogens is 3. The molecule has 2 rings (SSSR count). The Morgan fingerprint density at radius 3 is 2.64 bits per heavy atom. The van der Waals surface area contributed by atoms with Crippen LogP contribution in [-0.4, -0.2) is 54.8 Å². The summed E-state index contributed by atoms with van der Waals surface area (Å²) in [6.45, 7) is 5.12. The second-order valence-corrected chi connectivity index (χ2v) is 5.06. The molecule has 0 saturated carbocycles. The van der Waals surface area contributed by atoms with Crippen LogP contribution < -0.4 is 0 Å². The van der Waals surface area contributed by atoms with E-state index in [2.05, 4.69) is 9.88 Å². The summed E-state index contributed by atoms with van der Waals surface area (Å²) < 4.78 is 47.6. The van der Waals surface area contributed by atoms with Crippen molar-refractivity contribution >= 4 is 5.97 Å². The normalized spacial score (nSPS) is 18.0. The Morgan fingerprint density at radius 1 is 1.41 bits per heavy atom. The van der Waals surface area contributed by atoms with Crippen molar-refractivity contribution in [1.29, 1.82) is 0 Å². The van der Waals surface area contributed by atoms with Gasteiger partial charge in [-0.05, 0) is 19.1 Å². The van der Waals surface area contributed by atoms with Crippen LogP contribution in [0.4, 0.5) is 13.2 Å². The first kappa shape index (κ1) is 16.7. The molecule has 2 heterocycles. The van der Waals surface area contributed by atoms with E-state index in [1.807, 2.05) is 0 Å². The Labute approximate surface area is 126 Å². The number of aromatic nitrogens is 1. The lowest BCUT2D eigenvalue weighted by Crippen LogP contribution is -2.41. The Kier molecular flexibility index (Phi) is 5.36. The van der Waals surface area contributed by atoms with Crippen LogP contribution >= 0.6 is 0 Å². The number of alkyl halides is 3. The lowest BCUT2D eigenvalue weighted by atomic mass is 10.2. The molecule has 0 radical (unpaired) electrons. The molecule has 8 heteroatoms. The summed E-state index contributed by atoms with van der Waals surface area (Å²) >= 11 is 0. The molecular weight excluding hydrogens is 301 g/mol. The summed E-state index contributed by atoms with van der Waals surface area (Å²) in [6.07, 6.45) is -4.01. The van der Waals surface area contributed by atoms with Gasteiger partial charge in [-0.25, -0.2) is 4.79 Å². The van der Waals surface area contributed by atoms with Gasteiger partial charge in [-0.15, -0.1) is 0 Å². The summed E-state index contributed by atoms with van der Waals surface area (Å²) in [5.74, 6) is -0.679. The van der Waals surface area contributed by atoms with Gasteiger partial charge in [0.25, 0.3) is 0 Å². The van der Waals surface area contributed by atoms with Crippen LogP contribution in [-0.2, 0) is 15.7 Å². The summed E-state index contributed by atoms with van der Waals surface area (Å²) in [5, 5.41) is 0. The third-order valence-electron chi connectivity index (χ3n) is 3.22. The highest BCUT2D eigenvalue weighted by molar-refractivity contribution is 5.89. The molecule has 0 aromatic carbocycles. The Balaban J connectivity index is 1.88. The largest absolute Gasteiger partial charge is 0.458 e. The van der Waals surface area contributed by atoms with Gasteiger partial charge in [-0.2, -0.15) is 13.2 Å². The minimum absolute atomic E-state index is 0.00169. The number of rotatable bonds is 4. The molecule has 0 spiro atoms. The fraction of sp³-hybridized carbons (Fsp3) is 0.571. The second-order valence-electron chi connectivity index (χ2n) is 5.06. The molecule has 1 aliphatic rings. The van der Waals surface area contributed by atoms with Crippen LogP contribution in [0.3, 0.4) is 0 Å². The first-order valence-electron chi connectivity index (χ1n) is 6.90. The molecule has 1 atom stereocenters. The van der Waals surface area contributed by atoms with Crippen molar-refractivity contribution in [1.82, 2.24) is 9.88 Å². The Bertz CT molecular complexity index is 499. The number of ether oxygens (including phenoxy) is 2. The SMILES string of the molecule is CC(CN1CCOCC1)OC(=O)c1ccc(C(F)(F)F)nc1. The lowest BCUT2D eigenvalue weighted by Gasteiger charge is -2.28. The number of carbonyl (C=O) groups excluding carboxylic acids is 1. The van der Waals surface area contributed by atoms with E-state index in [-0.39, 0.29) is 11.7 Å². The molecule has 22 heavy (non-hydrogen) atoms. The highest BCUT2D eigenvalue weighted by atomic mass is 19.4. The predicted octanol–water partition coefficient (Wildman–Crippen LogP) is 1.98. The monoisotopic (exact) mass is 318 g/mol. The molecule has 1 aromatic rings. The number of pyridine rings is 1. The smallest absolute Gasteiger partial charge is 0.433 e. The van der Waals surface area contributed by atoms with E-state index in [1.165, 1.54) is 0 Å². The van der Waals surface area contributed by atoms with E-state index >= 15 is 0 Å². The highest BCUT2D eigenvalue weighted by Crippen LogP contribution is 2.27. The molecule has 122 valence electrons. The van der Waals surface area contributed by atoms with Crippen LogP contribution in [0.15, 0.2) is 18.3 Å². The predicted molar refractivity (Wildman–Crippen MR) is 71.4 cm³/mol. The molecule has 1 fully saturated rings. The Hall–Kier alpha value is -1.67. The van der Waals surface area contributed by atoms with Gasteiger partial charge in [0.05, 0.1) is 18.8 Å². The number of nitrogens with zero attached hydrogens (tertiary/aromatic N) is 2. The maximum atomic E-state index is 12.4. The number of morpholine rings is 1. The summed E-state index contributed by atoms with van der Waals surface area (Å²) in [7, 11) is 0. The third kappa shape index (κ3) is 4.67.